The maximum Gasteiger partial charge on any atom is 0.136 e. The summed E-state index contributed by atoms with van der Waals surface area (Å²) in [6.45, 7) is 4.71. The molecule has 3 heteroatoms. The smallest absolute Gasteiger partial charge is 0.136 e. The number of anilines is 3. The normalized spacial score (nSPS) is 13.0. The highest BCUT2D eigenvalue weighted by Gasteiger charge is 2.36. The predicted octanol–water partition coefficient (Wildman–Crippen LogP) is 16.9. The van der Waals surface area contributed by atoms with Gasteiger partial charge in [0, 0.05) is 49.6 Å². The quantitative estimate of drug-likeness (QED) is 0.167. The Bertz CT molecular complexity index is 3770. The lowest BCUT2D eigenvalue weighted by atomic mass is 9.82. The largest absolute Gasteiger partial charge is 0.456 e. The minimum absolute atomic E-state index is 0.143. The Kier molecular flexibility index (Phi) is 7.95. The number of hydrogen-bond donors (Lipinski definition) is 0. The van der Waals surface area contributed by atoms with E-state index in [2.05, 4.69) is 242 Å². The molecule has 0 bridgehead atoms. The molecule has 0 saturated carbocycles. The molecular weight excluding hydrogens is 777 g/mol. The van der Waals surface area contributed by atoms with Gasteiger partial charge in [0.1, 0.15) is 11.2 Å². The molecule has 0 amide bonds. The third-order valence-corrected chi connectivity index (χ3v) is 13.8. The summed E-state index contributed by atoms with van der Waals surface area (Å²) in [5.74, 6) is 0. The summed E-state index contributed by atoms with van der Waals surface area (Å²) in [6.07, 6.45) is 0. The fourth-order valence-corrected chi connectivity index (χ4v) is 10.6. The molecule has 10 aromatic carbocycles. The van der Waals surface area contributed by atoms with E-state index < -0.39 is 0 Å². The van der Waals surface area contributed by atoms with E-state index in [4.69, 9.17) is 4.42 Å². The lowest BCUT2D eigenvalue weighted by Crippen LogP contribution is -2.16. The molecule has 0 fully saturated rings. The first kappa shape index (κ1) is 36.5. The second-order valence-corrected chi connectivity index (χ2v) is 17.7. The summed E-state index contributed by atoms with van der Waals surface area (Å²) in [5, 5.41) is 7.15. The zero-order valence-electron chi connectivity index (χ0n) is 35.6. The van der Waals surface area contributed by atoms with Crippen LogP contribution in [0.2, 0.25) is 0 Å². The van der Waals surface area contributed by atoms with Gasteiger partial charge < -0.3 is 13.9 Å². The van der Waals surface area contributed by atoms with Gasteiger partial charge in [-0.15, -0.1) is 0 Å². The molecule has 0 saturated heterocycles. The van der Waals surface area contributed by atoms with Crippen molar-refractivity contribution in [3.05, 3.63) is 230 Å². The molecule has 0 radical (unpaired) electrons. The van der Waals surface area contributed by atoms with E-state index in [9.17, 15) is 0 Å². The van der Waals surface area contributed by atoms with Crippen LogP contribution in [0.25, 0.3) is 93.6 Å². The van der Waals surface area contributed by atoms with Crippen molar-refractivity contribution in [3.63, 3.8) is 0 Å². The van der Waals surface area contributed by atoms with Crippen molar-refractivity contribution < 1.29 is 4.42 Å². The van der Waals surface area contributed by atoms with Gasteiger partial charge in [-0.25, -0.2) is 0 Å². The van der Waals surface area contributed by atoms with Crippen LogP contribution < -0.4 is 4.90 Å². The number of benzene rings is 10. The van der Waals surface area contributed by atoms with Gasteiger partial charge in [0.25, 0.3) is 0 Å². The average Bonchev–Trinajstić information content (AvgIpc) is 3.95. The van der Waals surface area contributed by atoms with Gasteiger partial charge in [-0.2, -0.15) is 0 Å². The fraction of sp³-hybridized carbons (Fsp3) is 0.0492. The van der Waals surface area contributed by atoms with Gasteiger partial charge in [0.15, 0.2) is 0 Å². The van der Waals surface area contributed by atoms with Gasteiger partial charge in [-0.1, -0.05) is 153 Å². The molecule has 13 rings (SSSR count). The van der Waals surface area contributed by atoms with Crippen LogP contribution in [0.4, 0.5) is 17.1 Å². The second kappa shape index (κ2) is 13.9. The maximum absolute atomic E-state index is 6.46. The molecule has 0 N–H and O–H groups in total. The zero-order valence-corrected chi connectivity index (χ0v) is 35.6. The average molecular weight is 819 g/mol. The number of rotatable bonds is 6. The minimum Gasteiger partial charge on any atom is -0.456 e. The van der Waals surface area contributed by atoms with E-state index in [-0.39, 0.29) is 5.41 Å². The highest BCUT2D eigenvalue weighted by molar-refractivity contribution is 6.12. The number of aromatic nitrogens is 1. The van der Waals surface area contributed by atoms with Gasteiger partial charge in [-0.05, 0) is 129 Å². The summed E-state index contributed by atoms with van der Waals surface area (Å²) in [7, 11) is 0. The van der Waals surface area contributed by atoms with Crippen molar-refractivity contribution in [2.75, 3.05) is 4.90 Å². The van der Waals surface area contributed by atoms with Crippen LogP contribution in [-0.2, 0) is 5.41 Å². The van der Waals surface area contributed by atoms with E-state index in [1.165, 1.54) is 60.4 Å². The van der Waals surface area contributed by atoms with Crippen LogP contribution in [0.3, 0.4) is 0 Å². The van der Waals surface area contributed by atoms with E-state index in [0.717, 1.165) is 61.4 Å². The van der Waals surface area contributed by atoms with Gasteiger partial charge in [-0.3, -0.25) is 0 Å². The van der Waals surface area contributed by atoms with E-state index in [0.29, 0.717) is 0 Å². The highest BCUT2D eigenvalue weighted by Crippen LogP contribution is 2.51. The Labute approximate surface area is 371 Å². The monoisotopic (exact) mass is 818 g/mol. The first-order valence-electron chi connectivity index (χ1n) is 22.2. The molecular formula is C61H42N2O. The highest BCUT2D eigenvalue weighted by atomic mass is 16.3. The molecule has 0 unspecified atom stereocenters. The lowest BCUT2D eigenvalue weighted by Gasteiger charge is -2.30. The minimum atomic E-state index is -0.143. The summed E-state index contributed by atoms with van der Waals surface area (Å²) in [5.41, 5.74) is 18.5. The molecule has 3 nitrogen and oxygen atoms in total. The zero-order chi connectivity index (χ0) is 42.5. The summed E-state index contributed by atoms with van der Waals surface area (Å²) < 4.78 is 8.85. The molecule has 2 heterocycles. The summed E-state index contributed by atoms with van der Waals surface area (Å²) in [4.78, 5) is 2.44. The molecule has 1 aliphatic rings. The number of furan rings is 1. The van der Waals surface area contributed by atoms with E-state index in [1.807, 2.05) is 0 Å². The van der Waals surface area contributed by atoms with Crippen LogP contribution in [0.5, 0.6) is 0 Å². The molecule has 64 heavy (non-hydrogen) atoms. The maximum atomic E-state index is 6.46. The Balaban J connectivity index is 0.955. The van der Waals surface area contributed by atoms with Crippen molar-refractivity contribution in [1.29, 1.82) is 0 Å². The van der Waals surface area contributed by atoms with Crippen LogP contribution in [0.1, 0.15) is 25.0 Å². The van der Waals surface area contributed by atoms with Crippen LogP contribution in [0, 0.1) is 0 Å². The number of para-hydroxylation sites is 3. The van der Waals surface area contributed by atoms with E-state index >= 15 is 0 Å². The van der Waals surface area contributed by atoms with Gasteiger partial charge in [0.05, 0.1) is 16.7 Å². The SMILES string of the molecule is CC1(C)c2ccccc2-c2ccc(N(c3ccc(-c4cccc(-n5c6ccccc6c6ccccc65)c4)cc3)c3ccccc3-c3ccc4oc5cc6ccccc6cc5c4c3)cc21. The summed E-state index contributed by atoms with van der Waals surface area (Å²) in [6, 6.07) is 79.8. The summed E-state index contributed by atoms with van der Waals surface area (Å²) >= 11 is 0. The van der Waals surface area contributed by atoms with Crippen molar-refractivity contribution in [2.24, 2.45) is 0 Å². The molecule has 0 spiro atoms. The van der Waals surface area contributed by atoms with Crippen LogP contribution in [-0.4, -0.2) is 4.57 Å². The molecule has 0 aliphatic heterocycles. The van der Waals surface area contributed by atoms with Crippen LogP contribution in [0.15, 0.2) is 223 Å². The third-order valence-electron chi connectivity index (χ3n) is 13.8. The van der Waals surface area contributed by atoms with Crippen molar-refractivity contribution in [2.45, 2.75) is 19.3 Å². The molecule has 0 atom stereocenters. The fourth-order valence-electron chi connectivity index (χ4n) is 10.6. The van der Waals surface area contributed by atoms with E-state index in [1.54, 1.807) is 0 Å². The van der Waals surface area contributed by atoms with Gasteiger partial charge >= 0.3 is 0 Å². The molecule has 2 aromatic heterocycles. The molecule has 1 aliphatic carbocycles. The third kappa shape index (κ3) is 5.54. The predicted molar refractivity (Wildman–Crippen MR) is 269 cm³/mol. The van der Waals surface area contributed by atoms with Gasteiger partial charge in [0.2, 0.25) is 0 Å². The Morgan fingerprint density at radius 3 is 1.81 bits per heavy atom. The molecule has 302 valence electrons. The topological polar surface area (TPSA) is 21.3 Å². The first-order valence-corrected chi connectivity index (χ1v) is 22.2. The first-order chi connectivity index (χ1) is 31.5. The van der Waals surface area contributed by atoms with Crippen LogP contribution >= 0.6 is 0 Å². The molecule has 12 aromatic rings. The van der Waals surface area contributed by atoms with Crippen molar-refractivity contribution >= 4 is 71.6 Å². The number of nitrogens with zero attached hydrogens (tertiary/aromatic N) is 2. The number of fused-ring (bicyclic) bond motifs is 10. The second-order valence-electron chi connectivity index (χ2n) is 17.7. The van der Waals surface area contributed by atoms with Crippen molar-refractivity contribution in [1.82, 2.24) is 4.57 Å². The number of hydrogen-bond acceptors (Lipinski definition) is 2. The van der Waals surface area contributed by atoms with Crippen molar-refractivity contribution in [3.8, 4) is 39.1 Å². The Morgan fingerprint density at radius 2 is 1.02 bits per heavy atom. The Hall–Kier alpha value is -8.14. The lowest BCUT2D eigenvalue weighted by molar-refractivity contribution is 0.660. The Morgan fingerprint density at radius 1 is 0.391 bits per heavy atom. The standard InChI is InChI=1S/C61H42N2O/c1-61(2)54-22-9-5-19-48(54)49-32-31-46(38-55(49)61)62(56-23-10-6-18-47(56)43-28-33-59-52(36-43)53-35-41-14-3-4-15-42(41)37-60(53)64-59)44-29-26-39(27-30-44)40-16-13-17-45(34-40)63-57-24-11-7-20-50(57)51-21-8-12-25-58(51)63/h3-38H,1-2H3.